The van der Waals surface area contributed by atoms with Crippen molar-refractivity contribution in [1.82, 2.24) is 30.0 Å². The van der Waals surface area contributed by atoms with Gasteiger partial charge in [-0.2, -0.15) is 10.1 Å². The van der Waals surface area contributed by atoms with Gasteiger partial charge in [-0.15, -0.1) is 0 Å². The summed E-state index contributed by atoms with van der Waals surface area (Å²) in [6.45, 7) is 9.33. The molecular formula is C30H40N8O3. The van der Waals surface area contributed by atoms with Gasteiger partial charge in [0.25, 0.3) is 0 Å². The summed E-state index contributed by atoms with van der Waals surface area (Å²) in [6.07, 6.45) is 6.76. The maximum atomic E-state index is 12.7. The number of benzene rings is 1. The van der Waals surface area contributed by atoms with Gasteiger partial charge in [-0.3, -0.25) is 14.4 Å². The zero-order valence-corrected chi connectivity index (χ0v) is 24.6. The van der Waals surface area contributed by atoms with Gasteiger partial charge in [0.1, 0.15) is 17.5 Å². The number of amides is 2. The van der Waals surface area contributed by atoms with Gasteiger partial charge < -0.3 is 20.7 Å². The first-order chi connectivity index (χ1) is 19.6. The van der Waals surface area contributed by atoms with E-state index in [1.165, 1.54) is 4.90 Å². The Morgan fingerprint density at radius 3 is 2.80 bits per heavy atom. The average molecular weight is 561 g/mol. The number of likely N-dealkylation sites (tertiary alicyclic amines) is 1. The standard InChI is InChI=1S/C30H40N8O3/c1-6-15-31-26-21(19-33-28(36-26)35-23-13-14-24-22(18-23)20-34-37(24)5)11-8-7-9-16-32-27(39)25-12-10-17-38(25)29(40)41-30(2,3)4/h13-14,18-20,25H,6-7,9-10,12,15-17H2,1-5H3,(H,32,39)(H2,31,33,35,36)/t25-/m0/s1. The highest BCUT2D eigenvalue weighted by Crippen LogP contribution is 2.23. The molecule has 11 nitrogen and oxygen atoms in total. The number of hydrogen-bond donors (Lipinski definition) is 3. The molecule has 1 aliphatic heterocycles. The van der Waals surface area contributed by atoms with Crippen molar-refractivity contribution in [3.05, 3.63) is 36.2 Å². The van der Waals surface area contributed by atoms with E-state index < -0.39 is 17.7 Å². The van der Waals surface area contributed by atoms with Crippen LogP contribution in [0.15, 0.2) is 30.6 Å². The van der Waals surface area contributed by atoms with E-state index in [4.69, 9.17) is 4.74 Å². The summed E-state index contributed by atoms with van der Waals surface area (Å²) in [5.41, 5.74) is 2.05. The highest BCUT2D eigenvalue weighted by atomic mass is 16.6. The van der Waals surface area contributed by atoms with E-state index in [0.717, 1.165) is 41.5 Å². The molecule has 0 spiro atoms. The van der Waals surface area contributed by atoms with Crippen LogP contribution in [0.2, 0.25) is 0 Å². The number of aryl methyl sites for hydroxylation is 1. The molecule has 0 radical (unpaired) electrons. The second kappa shape index (κ2) is 13.4. The number of carbonyl (C=O) groups is 2. The maximum absolute atomic E-state index is 12.7. The molecule has 2 aromatic heterocycles. The Kier molecular flexibility index (Phi) is 9.65. The van der Waals surface area contributed by atoms with E-state index in [2.05, 4.69) is 49.8 Å². The zero-order valence-electron chi connectivity index (χ0n) is 24.6. The maximum Gasteiger partial charge on any atom is 0.410 e. The van der Waals surface area contributed by atoms with Crippen molar-refractivity contribution >= 4 is 40.4 Å². The highest BCUT2D eigenvalue weighted by Gasteiger charge is 2.36. The van der Waals surface area contributed by atoms with Gasteiger partial charge in [-0.05, 0) is 64.7 Å². The van der Waals surface area contributed by atoms with E-state index in [9.17, 15) is 9.59 Å². The van der Waals surface area contributed by atoms with Crippen LogP contribution in [-0.4, -0.2) is 67.9 Å². The summed E-state index contributed by atoms with van der Waals surface area (Å²) in [5, 5.41) is 14.9. The van der Waals surface area contributed by atoms with Gasteiger partial charge in [0.2, 0.25) is 11.9 Å². The Morgan fingerprint density at radius 2 is 2.02 bits per heavy atom. The van der Waals surface area contributed by atoms with Crippen LogP contribution in [0.3, 0.4) is 0 Å². The molecule has 3 N–H and O–H groups in total. The minimum absolute atomic E-state index is 0.147. The predicted molar refractivity (Wildman–Crippen MR) is 160 cm³/mol. The number of ether oxygens (including phenoxy) is 1. The monoisotopic (exact) mass is 560 g/mol. The van der Waals surface area contributed by atoms with E-state index >= 15 is 0 Å². The number of rotatable bonds is 9. The SMILES string of the molecule is CCCNc1nc(Nc2ccc3c(cnn3C)c2)ncc1C#CCCCNC(=O)[C@@H]1CCCN1C(=O)OC(C)(C)C. The average Bonchev–Trinajstić information content (AvgIpc) is 3.56. The van der Waals surface area contributed by atoms with Crippen LogP contribution in [0.25, 0.3) is 10.9 Å². The van der Waals surface area contributed by atoms with Gasteiger partial charge in [-0.25, -0.2) is 9.78 Å². The summed E-state index contributed by atoms with van der Waals surface area (Å²) in [6, 6.07) is 5.51. The fourth-order valence-electron chi connectivity index (χ4n) is 4.52. The molecular weight excluding hydrogens is 520 g/mol. The number of hydrogen-bond acceptors (Lipinski definition) is 8. The Hall–Kier alpha value is -4.33. The summed E-state index contributed by atoms with van der Waals surface area (Å²) >= 11 is 0. The molecule has 1 aromatic carbocycles. The van der Waals surface area contributed by atoms with Crippen LogP contribution in [0, 0.1) is 11.8 Å². The molecule has 2 amide bonds. The quantitative estimate of drug-likeness (QED) is 0.257. The van der Waals surface area contributed by atoms with Crippen LogP contribution in [-0.2, 0) is 16.6 Å². The number of nitrogens with one attached hydrogen (secondary N) is 3. The lowest BCUT2D eigenvalue weighted by molar-refractivity contribution is -0.125. The van der Waals surface area contributed by atoms with Crippen molar-refractivity contribution in [2.75, 3.05) is 30.3 Å². The number of anilines is 3. The number of aromatic nitrogens is 4. The minimum Gasteiger partial charge on any atom is -0.444 e. The van der Waals surface area contributed by atoms with Gasteiger partial charge in [0.05, 0.1) is 23.5 Å². The van der Waals surface area contributed by atoms with Gasteiger partial charge in [0.15, 0.2) is 0 Å². The van der Waals surface area contributed by atoms with Crippen molar-refractivity contribution in [2.45, 2.75) is 71.4 Å². The van der Waals surface area contributed by atoms with Crippen molar-refractivity contribution in [2.24, 2.45) is 7.05 Å². The molecule has 4 rings (SSSR count). The van der Waals surface area contributed by atoms with E-state index in [1.807, 2.05) is 56.9 Å². The minimum atomic E-state index is -0.595. The predicted octanol–water partition coefficient (Wildman–Crippen LogP) is 4.58. The Morgan fingerprint density at radius 1 is 1.20 bits per heavy atom. The first-order valence-corrected chi connectivity index (χ1v) is 14.2. The largest absolute Gasteiger partial charge is 0.444 e. The molecule has 0 unspecified atom stereocenters. The van der Waals surface area contributed by atoms with Crippen molar-refractivity contribution < 1.29 is 14.3 Å². The number of nitrogens with zero attached hydrogens (tertiary/aromatic N) is 5. The lowest BCUT2D eigenvalue weighted by Gasteiger charge is -2.28. The second-order valence-electron chi connectivity index (χ2n) is 11.1. The number of unbranched alkanes of at least 4 members (excludes halogenated alkanes) is 1. The molecule has 3 aromatic rings. The fraction of sp³-hybridized carbons (Fsp3) is 0.500. The molecule has 41 heavy (non-hydrogen) atoms. The molecule has 1 fully saturated rings. The Bertz CT molecular complexity index is 1430. The van der Waals surface area contributed by atoms with Gasteiger partial charge in [0, 0.05) is 44.2 Å². The van der Waals surface area contributed by atoms with Crippen LogP contribution >= 0.6 is 0 Å². The molecule has 1 atom stereocenters. The van der Waals surface area contributed by atoms with Gasteiger partial charge >= 0.3 is 6.09 Å². The van der Waals surface area contributed by atoms with Crippen molar-refractivity contribution in [3.8, 4) is 11.8 Å². The Balaban J connectivity index is 1.30. The lowest BCUT2D eigenvalue weighted by atomic mass is 10.2. The van der Waals surface area contributed by atoms with E-state index in [1.54, 1.807) is 6.20 Å². The summed E-state index contributed by atoms with van der Waals surface area (Å²) in [4.78, 5) is 35.8. The highest BCUT2D eigenvalue weighted by molar-refractivity contribution is 5.86. The van der Waals surface area contributed by atoms with E-state index in [0.29, 0.717) is 44.1 Å². The van der Waals surface area contributed by atoms with Crippen LogP contribution in [0.4, 0.5) is 22.2 Å². The molecule has 218 valence electrons. The molecule has 3 heterocycles. The topological polar surface area (TPSA) is 126 Å². The molecule has 0 aliphatic carbocycles. The smallest absolute Gasteiger partial charge is 0.410 e. The van der Waals surface area contributed by atoms with Crippen molar-refractivity contribution in [1.29, 1.82) is 0 Å². The lowest BCUT2D eigenvalue weighted by Crippen LogP contribution is -2.47. The summed E-state index contributed by atoms with van der Waals surface area (Å²) in [5.74, 6) is 7.35. The fourth-order valence-corrected chi connectivity index (χ4v) is 4.52. The third kappa shape index (κ3) is 8.10. The third-order valence-corrected chi connectivity index (χ3v) is 6.52. The molecule has 1 aliphatic rings. The summed E-state index contributed by atoms with van der Waals surface area (Å²) in [7, 11) is 1.91. The molecule has 11 heteroatoms. The van der Waals surface area contributed by atoms with Crippen LogP contribution in [0.1, 0.15) is 65.4 Å². The van der Waals surface area contributed by atoms with Crippen molar-refractivity contribution in [3.63, 3.8) is 0 Å². The second-order valence-corrected chi connectivity index (χ2v) is 11.1. The normalized spacial score (nSPS) is 14.9. The van der Waals surface area contributed by atoms with Crippen LogP contribution < -0.4 is 16.0 Å². The Labute approximate surface area is 241 Å². The number of carbonyl (C=O) groups excluding carboxylic acids is 2. The molecule has 0 bridgehead atoms. The van der Waals surface area contributed by atoms with E-state index in [-0.39, 0.29) is 5.91 Å². The third-order valence-electron chi connectivity index (χ3n) is 6.52. The van der Waals surface area contributed by atoms with Gasteiger partial charge in [-0.1, -0.05) is 18.8 Å². The zero-order chi connectivity index (χ0) is 29.4. The first kappa shape index (κ1) is 29.6. The molecule has 1 saturated heterocycles. The summed E-state index contributed by atoms with van der Waals surface area (Å²) < 4.78 is 7.29. The number of fused-ring (bicyclic) bond motifs is 1. The van der Waals surface area contributed by atoms with Crippen LogP contribution in [0.5, 0.6) is 0 Å². The molecule has 0 saturated carbocycles. The first-order valence-electron chi connectivity index (χ1n) is 14.2.